The van der Waals surface area contributed by atoms with Gasteiger partial charge in [-0.15, -0.1) is 0 Å². The smallest absolute Gasteiger partial charge is 0.290 e. The predicted molar refractivity (Wildman–Crippen MR) is 91.7 cm³/mol. The summed E-state index contributed by atoms with van der Waals surface area (Å²) in [4.78, 5) is 12.3. The molecular formula is C18H25F3N2O2. The fourth-order valence-corrected chi connectivity index (χ4v) is 2.42. The van der Waals surface area contributed by atoms with Crippen molar-refractivity contribution in [2.45, 2.75) is 52.3 Å². The standard InChI is InChI=1S/C16H19F3N2O2.C2H6/c1-9(8-20)15(23-14-3-2-10(17)7-14)16(22)21-13-5-11(18)4-12(19)6-13;1-2/h4-6,10,14H,2-3,7-8,20H2,1H3,(H,21,22);1-2H3/b15-9+;. The Labute approximate surface area is 146 Å². The van der Waals surface area contributed by atoms with Gasteiger partial charge in [-0.25, -0.2) is 13.2 Å². The summed E-state index contributed by atoms with van der Waals surface area (Å²) in [5, 5.41) is 2.37. The first-order valence-corrected chi connectivity index (χ1v) is 8.37. The first kappa shape index (κ1) is 21.0. The Kier molecular flexibility index (Phi) is 8.48. The summed E-state index contributed by atoms with van der Waals surface area (Å²) in [6, 6.07) is 2.68. The molecule has 1 saturated carbocycles. The molecule has 0 spiro atoms. The first-order chi connectivity index (χ1) is 11.9. The number of amides is 1. The third kappa shape index (κ3) is 6.42. The van der Waals surface area contributed by atoms with Crippen molar-refractivity contribution in [3.8, 4) is 0 Å². The second kappa shape index (κ2) is 10.1. The summed E-state index contributed by atoms with van der Waals surface area (Å²) in [6.07, 6.45) is -0.249. The summed E-state index contributed by atoms with van der Waals surface area (Å²) in [5.41, 5.74) is 5.98. The van der Waals surface area contributed by atoms with E-state index in [9.17, 15) is 18.0 Å². The summed E-state index contributed by atoms with van der Waals surface area (Å²) in [7, 11) is 0. The highest BCUT2D eigenvalue weighted by Gasteiger charge is 2.28. The van der Waals surface area contributed by atoms with Crippen molar-refractivity contribution in [1.82, 2.24) is 0 Å². The van der Waals surface area contributed by atoms with Gasteiger partial charge in [0.25, 0.3) is 5.91 Å². The Bertz CT molecular complexity index is 600. The lowest BCUT2D eigenvalue weighted by atomic mass is 10.2. The highest BCUT2D eigenvalue weighted by molar-refractivity contribution is 6.02. The van der Waals surface area contributed by atoms with Crippen LogP contribution >= 0.6 is 0 Å². The molecule has 3 N–H and O–H groups in total. The molecule has 1 amide bonds. The van der Waals surface area contributed by atoms with E-state index in [0.29, 0.717) is 24.5 Å². The van der Waals surface area contributed by atoms with Gasteiger partial charge in [0.2, 0.25) is 0 Å². The van der Waals surface area contributed by atoms with Crippen LogP contribution in [0.1, 0.15) is 40.0 Å². The van der Waals surface area contributed by atoms with Crippen molar-refractivity contribution >= 4 is 11.6 Å². The number of rotatable bonds is 5. The molecule has 2 unspecified atom stereocenters. The molecule has 4 nitrogen and oxygen atoms in total. The molecule has 0 heterocycles. The lowest BCUT2D eigenvalue weighted by Gasteiger charge is -2.18. The maximum atomic E-state index is 13.2. The lowest BCUT2D eigenvalue weighted by Crippen LogP contribution is -2.23. The molecule has 0 saturated heterocycles. The molecule has 0 bridgehead atoms. The topological polar surface area (TPSA) is 64.3 Å². The third-order valence-corrected chi connectivity index (χ3v) is 3.63. The summed E-state index contributed by atoms with van der Waals surface area (Å²) in [6.45, 7) is 5.69. The van der Waals surface area contributed by atoms with E-state index >= 15 is 0 Å². The van der Waals surface area contributed by atoms with Crippen molar-refractivity contribution in [3.05, 3.63) is 41.2 Å². The SMILES string of the molecule is C/C(CN)=C(\OC1CCC(F)C1)C(=O)Nc1cc(F)cc(F)c1.CC. The zero-order chi connectivity index (χ0) is 19.0. The molecule has 0 radical (unpaired) electrons. The van der Waals surface area contributed by atoms with Gasteiger partial charge < -0.3 is 15.8 Å². The van der Waals surface area contributed by atoms with E-state index in [0.717, 1.165) is 12.1 Å². The molecule has 1 aromatic carbocycles. The lowest BCUT2D eigenvalue weighted by molar-refractivity contribution is -0.117. The van der Waals surface area contributed by atoms with Gasteiger partial charge in [0.05, 0.1) is 0 Å². The first-order valence-electron chi connectivity index (χ1n) is 8.37. The number of carbonyl (C=O) groups is 1. The number of anilines is 1. The van der Waals surface area contributed by atoms with Crippen LogP contribution < -0.4 is 11.1 Å². The fourth-order valence-electron chi connectivity index (χ4n) is 2.42. The van der Waals surface area contributed by atoms with E-state index in [1.165, 1.54) is 0 Å². The van der Waals surface area contributed by atoms with Crippen molar-refractivity contribution < 1.29 is 22.7 Å². The minimum absolute atomic E-state index is 0.0312. The normalized spacial score (nSPS) is 20.3. The number of nitrogens with two attached hydrogens (primary N) is 1. The van der Waals surface area contributed by atoms with Gasteiger partial charge in [0, 0.05) is 24.7 Å². The Morgan fingerprint density at radius 1 is 1.24 bits per heavy atom. The van der Waals surface area contributed by atoms with E-state index in [-0.39, 0.29) is 24.4 Å². The van der Waals surface area contributed by atoms with Gasteiger partial charge in [-0.1, -0.05) is 13.8 Å². The van der Waals surface area contributed by atoms with Gasteiger partial charge in [-0.2, -0.15) is 0 Å². The van der Waals surface area contributed by atoms with Gasteiger partial charge in [-0.05, 0) is 37.5 Å². The fraction of sp³-hybridized carbons (Fsp3) is 0.500. The number of benzene rings is 1. The van der Waals surface area contributed by atoms with Gasteiger partial charge in [-0.3, -0.25) is 4.79 Å². The molecule has 0 aromatic heterocycles. The molecule has 0 aliphatic heterocycles. The van der Waals surface area contributed by atoms with Crippen LogP contribution in [0.25, 0.3) is 0 Å². The monoisotopic (exact) mass is 358 g/mol. The molecule has 1 aliphatic carbocycles. The van der Waals surface area contributed by atoms with E-state index in [2.05, 4.69) is 5.32 Å². The molecule has 2 atom stereocenters. The molecule has 7 heteroatoms. The predicted octanol–water partition coefficient (Wildman–Crippen LogP) is 4.07. The maximum absolute atomic E-state index is 13.2. The summed E-state index contributed by atoms with van der Waals surface area (Å²) < 4.78 is 45.2. The minimum Gasteiger partial charge on any atom is -0.485 e. The van der Waals surface area contributed by atoms with Crippen LogP contribution in [0.4, 0.5) is 18.9 Å². The van der Waals surface area contributed by atoms with Gasteiger partial charge >= 0.3 is 0 Å². The van der Waals surface area contributed by atoms with Gasteiger partial charge in [0.15, 0.2) is 5.76 Å². The minimum atomic E-state index is -0.945. The van der Waals surface area contributed by atoms with E-state index < -0.39 is 29.8 Å². The van der Waals surface area contributed by atoms with E-state index in [4.69, 9.17) is 10.5 Å². The number of hydrogen-bond acceptors (Lipinski definition) is 3. The van der Waals surface area contributed by atoms with Crippen LogP contribution in [-0.2, 0) is 9.53 Å². The largest absolute Gasteiger partial charge is 0.485 e. The van der Waals surface area contributed by atoms with Crippen molar-refractivity contribution in [3.63, 3.8) is 0 Å². The molecular weight excluding hydrogens is 333 g/mol. The van der Waals surface area contributed by atoms with E-state index in [1.54, 1.807) is 6.92 Å². The molecule has 25 heavy (non-hydrogen) atoms. The second-order valence-corrected chi connectivity index (χ2v) is 5.58. The average molecular weight is 358 g/mol. The quantitative estimate of drug-likeness (QED) is 0.616. The molecule has 140 valence electrons. The molecule has 1 fully saturated rings. The average Bonchev–Trinajstić information content (AvgIpc) is 2.98. The van der Waals surface area contributed by atoms with Crippen molar-refractivity contribution in [2.24, 2.45) is 5.73 Å². The summed E-state index contributed by atoms with van der Waals surface area (Å²) >= 11 is 0. The maximum Gasteiger partial charge on any atom is 0.290 e. The third-order valence-electron chi connectivity index (χ3n) is 3.63. The number of ether oxygens (including phenoxy) is 1. The van der Waals surface area contributed by atoms with Crippen molar-refractivity contribution in [2.75, 3.05) is 11.9 Å². The Balaban J connectivity index is 0.00000151. The Morgan fingerprint density at radius 2 is 1.84 bits per heavy atom. The second-order valence-electron chi connectivity index (χ2n) is 5.58. The number of carbonyl (C=O) groups excluding carboxylic acids is 1. The van der Waals surface area contributed by atoms with Crippen LogP contribution in [0.15, 0.2) is 29.5 Å². The highest BCUT2D eigenvalue weighted by atomic mass is 19.1. The number of hydrogen-bond donors (Lipinski definition) is 2. The molecule has 1 aliphatic rings. The Hall–Kier alpha value is -2.02. The zero-order valence-corrected chi connectivity index (χ0v) is 14.7. The van der Waals surface area contributed by atoms with Crippen LogP contribution in [0, 0.1) is 11.6 Å². The number of halogens is 3. The summed E-state index contributed by atoms with van der Waals surface area (Å²) in [5.74, 6) is -2.31. The number of nitrogens with one attached hydrogen (secondary N) is 1. The van der Waals surface area contributed by atoms with Crippen LogP contribution in [0.3, 0.4) is 0 Å². The van der Waals surface area contributed by atoms with Crippen LogP contribution in [-0.4, -0.2) is 24.7 Å². The number of alkyl halides is 1. The highest BCUT2D eigenvalue weighted by Crippen LogP contribution is 2.27. The molecule has 1 aromatic rings. The van der Waals surface area contributed by atoms with E-state index in [1.807, 2.05) is 13.8 Å². The van der Waals surface area contributed by atoms with Crippen LogP contribution in [0.5, 0.6) is 0 Å². The zero-order valence-electron chi connectivity index (χ0n) is 14.7. The van der Waals surface area contributed by atoms with Gasteiger partial charge in [0.1, 0.15) is 23.9 Å². The van der Waals surface area contributed by atoms with Crippen LogP contribution in [0.2, 0.25) is 0 Å². The van der Waals surface area contributed by atoms with Crippen molar-refractivity contribution in [1.29, 1.82) is 0 Å². The Morgan fingerprint density at radius 3 is 2.32 bits per heavy atom. The molecule has 2 rings (SSSR count).